The number of hydrogen-bond acceptors (Lipinski definition) is 2. The number of rotatable bonds is 4. The van der Waals surface area contributed by atoms with E-state index in [1.165, 1.54) is 5.39 Å². The van der Waals surface area contributed by atoms with Crippen molar-refractivity contribution in [2.24, 2.45) is 0 Å². The maximum Gasteiger partial charge on any atom is 0.335 e. The van der Waals surface area contributed by atoms with Gasteiger partial charge in [-0.15, -0.1) is 0 Å². The highest BCUT2D eigenvalue weighted by Crippen LogP contribution is 2.41. The van der Waals surface area contributed by atoms with Gasteiger partial charge < -0.3 is 14.1 Å². The maximum atomic E-state index is 11.4. The average Bonchev–Trinajstić information content (AvgIpc) is 3.28. The Balaban J connectivity index is 1.89. The number of nitrogens with zero attached hydrogens (tertiary/aromatic N) is 3. The van der Waals surface area contributed by atoms with Crippen molar-refractivity contribution in [3.05, 3.63) is 84.2 Å². The maximum absolute atomic E-state index is 11.4. The van der Waals surface area contributed by atoms with Crippen LogP contribution < -0.4 is 0 Å². The lowest BCUT2D eigenvalue weighted by Gasteiger charge is -2.10. The van der Waals surface area contributed by atoms with Crippen LogP contribution in [0.2, 0.25) is 0 Å². The number of imidazole rings is 1. The second kappa shape index (κ2) is 6.88. The smallest absolute Gasteiger partial charge is 0.335 e. The Hall–Kier alpha value is -3.86. The molecule has 5 aromatic rings. The van der Waals surface area contributed by atoms with Crippen molar-refractivity contribution in [1.29, 1.82) is 0 Å². The minimum Gasteiger partial charge on any atom is -0.478 e. The van der Waals surface area contributed by atoms with Crippen molar-refractivity contribution in [3.63, 3.8) is 0 Å². The predicted octanol–water partition coefficient (Wildman–Crippen LogP) is 5.65. The van der Waals surface area contributed by atoms with Crippen LogP contribution >= 0.6 is 0 Å². The molecule has 0 saturated carbocycles. The van der Waals surface area contributed by atoms with Gasteiger partial charge in [-0.1, -0.05) is 48.5 Å². The van der Waals surface area contributed by atoms with E-state index in [4.69, 9.17) is 4.98 Å². The van der Waals surface area contributed by atoms with E-state index in [0.29, 0.717) is 5.65 Å². The van der Waals surface area contributed by atoms with E-state index < -0.39 is 5.97 Å². The molecule has 0 aliphatic rings. The van der Waals surface area contributed by atoms with Crippen LogP contribution in [0.15, 0.2) is 72.9 Å². The molecule has 5 nitrogen and oxygen atoms in total. The first-order valence-electron chi connectivity index (χ1n) is 9.99. The molecule has 0 atom stereocenters. The van der Waals surface area contributed by atoms with Crippen LogP contribution in [0.3, 0.4) is 0 Å². The zero-order chi connectivity index (χ0) is 20.8. The molecule has 0 unspecified atom stereocenters. The van der Waals surface area contributed by atoms with Crippen LogP contribution in [0, 0.1) is 6.92 Å². The number of para-hydroxylation sites is 1. The van der Waals surface area contributed by atoms with E-state index in [0.717, 1.165) is 40.3 Å². The molecule has 5 heteroatoms. The van der Waals surface area contributed by atoms with Gasteiger partial charge in [0.1, 0.15) is 11.3 Å². The van der Waals surface area contributed by atoms with E-state index in [1.54, 1.807) is 18.3 Å². The predicted molar refractivity (Wildman–Crippen MR) is 119 cm³/mol. The summed E-state index contributed by atoms with van der Waals surface area (Å²) in [6.07, 6.45) is 1.78. The van der Waals surface area contributed by atoms with Gasteiger partial charge in [0.2, 0.25) is 0 Å². The number of pyridine rings is 1. The topological polar surface area (TPSA) is 59.5 Å². The van der Waals surface area contributed by atoms with Crippen LogP contribution in [0.4, 0.5) is 0 Å². The SMILES string of the molecule is CCn1c(-c2nc3cc(C(=O)O)ccn3c2C)c(-c2ccccc2)c2ccccc21. The highest BCUT2D eigenvalue weighted by atomic mass is 16.4. The molecule has 5 rings (SSSR count). The fourth-order valence-corrected chi connectivity index (χ4v) is 4.30. The number of hydrogen-bond donors (Lipinski definition) is 1. The summed E-state index contributed by atoms with van der Waals surface area (Å²) in [7, 11) is 0. The Bertz CT molecular complexity index is 1410. The summed E-state index contributed by atoms with van der Waals surface area (Å²) in [5.74, 6) is -0.952. The molecule has 0 aliphatic heterocycles. The quantitative estimate of drug-likeness (QED) is 0.428. The van der Waals surface area contributed by atoms with Crippen molar-refractivity contribution < 1.29 is 9.90 Å². The van der Waals surface area contributed by atoms with Crippen molar-refractivity contribution >= 4 is 22.5 Å². The molecule has 30 heavy (non-hydrogen) atoms. The second-order valence-corrected chi connectivity index (χ2v) is 7.35. The number of benzene rings is 2. The zero-order valence-corrected chi connectivity index (χ0v) is 16.8. The van der Waals surface area contributed by atoms with Crippen molar-refractivity contribution in [3.8, 4) is 22.5 Å². The third kappa shape index (κ3) is 2.63. The van der Waals surface area contributed by atoms with Crippen molar-refractivity contribution in [2.45, 2.75) is 20.4 Å². The second-order valence-electron chi connectivity index (χ2n) is 7.35. The molecule has 1 N–H and O–H groups in total. The van der Waals surface area contributed by atoms with Gasteiger partial charge in [-0.3, -0.25) is 0 Å². The fourth-order valence-electron chi connectivity index (χ4n) is 4.30. The Labute approximate surface area is 173 Å². The molecule has 0 fully saturated rings. The molecule has 0 aliphatic carbocycles. The molecule has 2 aromatic carbocycles. The average molecular weight is 395 g/mol. The summed E-state index contributed by atoms with van der Waals surface area (Å²) in [4.78, 5) is 16.3. The van der Waals surface area contributed by atoms with Gasteiger partial charge in [0.25, 0.3) is 0 Å². The Morgan fingerprint density at radius 3 is 2.50 bits per heavy atom. The normalized spacial score (nSPS) is 11.4. The fraction of sp³-hybridized carbons (Fsp3) is 0.120. The van der Waals surface area contributed by atoms with Crippen LogP contribution in [-0.4, -0.2) is 25.0 Å². The molecule has 3 aromatic heterocycles. The van der Waals surface area contributed by atoms with Crippen molar-refractivity contribution in [2.75, 3.05) is 0 Å². The Morgan fingerprint density at radius 1 is 1.03 bits per heavy atom. The van der Waals surface area contributed by atoms with E-state index in [2.05, 4.69) is 47.9 Å². The van der Waals surface area contributed by atoms with Crippen LogP contribution in [0.1, 0.15) is 23.0 Å². The highest BCUT2D eigenvalue weighted by Gasteiger charge is 2.23. The number of carboxylic acids is 1. The largest absolute Gasteiger partial charge is 0.478 e. The molecule has 0 saturated heterocycles. The van der Waals surface area contributed by atoms with Crippen LogP contribution in [0.25, 0.3) is 39.1 Å². The summed E-state index contributed by atoms with van der Waals surface area (Å²) in [6, 6.07) is 22.0. The standard InChI is InChI=1S/C25H21N3O2/c1-3-27-20-12-8-7-11-19(20)22(17-9-5-4-6-10-17)24(27)23-16(2)28-14-13-18(25(29)30)15-21(28)26-23/h4-15H,3H2,1-2H3,(H,29,30). The lowest BCUT2D eigenvalue weighted by atomic mass is 10.00. The molecule has 0 amide bonds. The lowest BCUT2D eigenvalue weighted by molar-refractivity contribution is 0.0697. The van der Waals surface area contributed by atoms with Gasteiger partial charge in [0.05, 0.1) is 11.3 Å². The summed E-state index contributed by atoms with van der Waals surface area (Å²) in [6.45, 7) is 4.97. The van der Waals surface area contributed by atoms with Gasteiger partial charge in [0, 0.05) is 34.9 Å². The van der Waals surface area contributed by atoms with E-state index in [9.17, 15) is 9.90 Å². The Kier molecular flexibility index (Phi) is 4.17. The summed E-state index contributed by atoms with van der Waals surface area (Å²) in [5, 5.41) is 10.6. The number of aromatic carboxylic acids is 1. The minimum atomic E-state index is -0.952. The Morgan fingerprint density at radius 2 is 1.77 bits per heavy atom. The van der Waals surface area contributed by atoms with Gasteiger partial charge in [0.15, 0.2) is 0 Å². The van der Waals surface area contributed by atoms with E-state index >= 15 is 0 Å². The van der Waals surface area contributed by atoms with Crippen LogP contribution in [0.5, 0.6) is 0 Å². The summed E-state index contributed by atoms with van der Waals surface area (Å²) < 4.78 is 4.25. The van der Waals surface area contributed by atoms with Gasteiger partial charge in [-0.25, -0.2) is 9.78 Å². The first-order chi connectivity index (χ1) is 14.6. The number of carboxylic acid groups (broad SMARTS) is 1. The van der Waals surface area contributed by atoms with Crippen molar-refractivity contribution in [1.82, 2.24) is 14.0 Å². The van der Waals surface area contributed by atoms with Gasteiger partial charge >= 0.3 is 5.97 Å². The van der Waals surface area contributed by atoms with Crippen LogP contribution in [-0.2, 0) is 6.54 Å². The summed E-state index contributed by atoms with van der Waals surface area (Å²) in [5.41, 5.74) is 7.23. The van der Waals surface area contributed by atoms with E-state index in [1.807, 2.05) is 29.5 Å². The monoisotopic (exact) mass is 395 g/mol. The molecule has 3 heterocycles. The van der Waals surface area contributed by atoms with E-state index in [-0.39, 0.29) is 5.56 Å². The number of carbonyl (C=O) groups is 1. The minimum absolute atomic E-state index is 0.235. The number of aryl methyl sites for hydroxylation is 2. The number of fused-ring (bicyclic) bond motifs is 2. The van der Waals surface area contributed by atoms with Gasteiger partial charge in [-0.2, -0.15) is 0 Å². The lowest BCUT2D eigenvalue weighted by Crippen LogP contribution is -1.99. The van der Waals surface area contributed by atoms with Gasteiger partial charge in [-0.05, 0) is 37.6 Å². The first kappa shape index (κ1) is 18.2. The molecule has 0 spiro atoms. The zero-order valence-electron chi connectivity index (χ0n) is 16.8. The third-order valence-electron chi connectivity index (χ3n) is 5.69. The molecule has 0 bridgehead atoms. The highest BCUT2D eigenvalue weighted by molar-refractivity contribution is 6.04. The molecular formula is C25H21N3O2. The molecule has 0 radical (unpaired) electrons. The molecule has 148 valence electrons. The first-order valence-corrected chi connectivity index (χ1v) is 9.99. The third-order valence-corrected chi connectivity index (χ3v) is 5.69. The molecular weight excluding hydrogens is 374 g/mol. The summed E-state index contributed by atoms with van der Waals surface area (Å²) >= 11 is 0. The number of aromatic nitrogens is 3.